The van der Waals surface area contributed by atoms with Gasteiger partial charge in [0.1, 0.15) is 0 Å². The molecular formula is C12H21N3O3. The minimum absolute atomic E-state index is 0.0678. The van der Waals surface area contributed by atoms with Gasteiger partial charge in [0.2, 0.25) is 0 Å². The van der Waals surface area contributed by atoms with Gasteiger partial charge in [0.05, 0.1) is 6.10 Å². The summed E-state index contributed by atoms with van der Waals surface area (Å²) in [5, 5.41) is 8.51. The van der Waals surface area contributed by atoms with E-state index in [0.717, 1.165) is 38.8 Å². The van der Waals surface area contributed by atoms with Gasteiger partial charge in [0.15, 0.2) is 0 Å². The second-order valence-electron chi connectivity index (χ2n) is 4.85. The van der Waals surface area contributed by atoms with E-state index in [2.05, 4.69) is 16.0 Å². The fourth-order valence-corrected chi connectivity index (χ4v) is 2.32. The Balaban J connectivity index is 1.59. The van der Waals surface area contributed by atoms with Crippen molar-refractivity contribution >= 4 is 11.8 Å². The first-order valence-electron chi connectivity index (χ1n) is 6.66. The van der Waals surface area contributed by atoms with Gasteiger partial charge in [0.25, 0.3) is 0 Å². The molecule has 2 amide bonds. The van der Waals surface area contributed by atoms with Crippen LogP contribution in [0, 0.1) is 0 Å². The van der Waals surface area contributed by atoms with Crippen LogP contribution in [-0.2, 0) is 14.3 Å². The number of rotatable bonds is 4. The zero-order valence-corrected chi connectivity index (χ0v) is 10.5. The molecule has 2 rings (SSSR count). The molecule has 2 fully saturated rings. The molecule has 0 aromatic rings. The van der Waals surface area contributed by atoms with Crippen LogP contribution in [0.4, 0.5) is 0 Å². The fraction of sp³-hybridized carbons (Fsp3) is 0.833. The van der Waals surface area contributed by atoms with Crippen LogP contribution in [0.1, 0.15) is 25.7 Å². The monoisotopic (exact) mass is 255 g/mol. The molecule has 0 bridgehead atoms. The summed E-state index contributed by atoms with van der Waals surface area (Å²) in [6, 6.07) is 0.305. The highest BCUT2D eigenvalue weighted by Crippen LogP contribution is 2.10. The van der Waals surface area contributed by atoms with Crippen molar-refractivity contribution in [2.45, 2.75) is 37.8 Å². The van der Waals surface area contributed by atoms with E-state index in [0.29, 0.717) is 19.1 Å². The first-order valence-corrected chi connectivity index (χ1v) is 6.66. The number of hydrogen-bond acceptors (Lipinski definition) is 4. The summed E-state index contributed by atoms with van der Waals surface area (Å²) < 4.78 is 5.37. The maximum atomic E-state index is 11.5. The van der Waals surface area contributed by atoms with Crippen molar-refractivity contribution in [2.24, 2.45) is 0 Å². The van der Waals surface area contributed by atoms with E-state index in [-0.39, 0.29) is 6.10 Å². The normalized spacial score (nSPS) is 27.1. The predicted molar refractivity (Wildman–Crippen MR) is 66.0 cm³/mol. The van der Waals surface area contributed by atoms with Crippen molar-refractivity contribution < 1.29 is 14.3 Å². The number of carbonyl (C=O) groups is 2. The van der Waals surface area contributed by atoms with E-state index in [1.54, 1.807) is 0 Å². The Bertz CT molecular complexity index is 267. The summed E-state index contributed by atoms with van der Waals surface area (Å²) in [5.41, 5.74) is 0. The van der Waals surface area contributed by atoms with Gasteiger partial charge in [0, 0.05) is 25.7 Å². The molecule has 0 spiro atoms. The maximum absolute atomic E-state index is 11.5. The number of carbonyl (C=O) groups excluding carboxylic acids is 2. The lowest BCUT2D eigenvalue weighted by atomic mass is 10.2. The number of hydrogen-bond donors (Lipinski definition) is 3. The predicted octanol–water partition coefficient (Wildman–Crippen LogP) is -0.850. The van der Waals surface area contributed by atoms with Crippen LogP contribution in [0.15, 0.2) is 0 Å². The molecule has 0 radical (unpaired) electrons. The Labute approximate surface area is 107 Å². The average Bonchev–Trinajstić information content (AvgIpc) is 3.05. The quantitative estimate of drug-likeness (QED) is 0.572. The Kier molecular flexibility index (Phi) is 4.95. The number of ether oxygens (including phenoxy) is 1. The van der Waals surface area contributed by atoms with Crippen LogP contribution in [0.3, 0.4) is 0 Å². The van der Waals surface area contributed by atoms with Crippen LogP contribution in [0.5, 0.6) is 0 Å². The molecule has 18 heavy (non-hydrogen) atoms. The van der Waals surface area contributed by atoms with Gasteiger partial charge >= 0.3 is 11.8 Å². The van der Waals surface area contributed by atoms with Crippen LogP contribution < -0.4 is 16.0 Å². The Morgan fingerprint density at radius 2 is 1.89 bits per heavy atom. The Morgan fingerprint density at radius 3 is 2.50 bits per heavy atom. The van der Waals surface area contributed by atoms with Gasteiger partial charge in [-0.3, -0.25) is 9.59 Å². The van der Waals surface area contributed by atoms with E-state index in [1.807, 2.05) is 0 Å². The van der Waals surface area contributed by atoms with Gasteiger partial charge in [-0.15, -0.1) is 0 Å². The molecule has 102 valence electrons. The van der Waals surface area contributed by atoms with Crippen molar-refractivity contribution in [1.29, 1.82) is 0 Å². The molecule has 0 saturated carbocycles. The lowest BCUT2D eigenvalue weighted by Gasteiger charge is -2.13. The van der Waals surface area contributed by atoms with Crippen molar-refractivity contribution in [2.75, 3.05) is 26.2 Å². The second-order valence-corrected chi connectivity index (χ2v) is 4.85. The molecule has 3 N–H and O–H groups in total. The highest BCUT2D eigenvalue weighted by atomic mass is 16.5. The maximum Gasteiger partial charge on any atom is 0.309 e. The third kappa shape index (κ3) is 3.96. The van der Waals surface area contributed by atoms with E-state index in [9.17, 15) is 9.59 Å². The molecule has 6 heteroatoms. The molecule has 2 heterocycles. The number of nitrogens with one attached hydrogen (secondary N) is 3. The van der Waals surface area contributed by atoms with Gasteiger partial charge in [-0.05, 0) is 32.2 Å². The van der Waals surface area contributed by atoms with Gasteiger partial charge in [-0.1, -0.05) is 0 Å². The topological polar surface area (TPSA) is 79.5 Å². The smallest absolute Gasteiger partial charge is 0.309 e. The minimum atomic E-state index is -0.566. The van der Waals surface area contributed by atoms with E-state index >= 15 is 0 Å². The van der Waals surface area contributed by atoms with Crippen molar-refractivity contribution in [3.63, 3.8) is 0 Å². The minimum Gasteiger partial charge on any atom is -0.376 e. The molecule has 2 saturated heterocycles. The first kappa shape index (κ1) is 13.3. The van der Waals surface area contributed by atoms with Gasteiger partial charge in [-0.2, -0.15) is 0 Å². The zero-order chi connectivity index (χ0) is 12.8. The van der Waals surface area contributed by atoms with E-state index < -0.39 is 11.8 Å². The summed E-state index contributed by atoms with van der Waals surface area (Å²) in [4.78, 5) is 23.0. The Morgan fingerprint density at radius 1 is 1.11 bits per heavy atom. The molecule has 6 nitrogen and oxygen atoms in total. The van der Waals surface area contributed by atoms with Crippen molar-refractivity contribution in [3.05, 3.63) is 0 Å². The third-order valence-corrected chi connectivity index (χ3v) is 3.39. The molecule has 2 aliphatic heterocycles. The largest absolute Gasteiger partial charge is 0.376 e. The Hall–Kier alpha value is -1.14. The molecule has 0 aromatic carbocycles. The molecule has 2 aliphatic rings. The van der Waals surface area contributed by atoms with Crippen molar-refractivity contribution in [3.8, 4) is 0 Å². The van der Waals surface area contributed by atoms with Gasteiger partial charge in [-0.25, -0.2) is 0 Å². The third-order valence-electron chi connectivity index (χ3n) is 3.39. The summed E-state index contributed by atoms with van der Waals surface area (Å²) in [6.45, 7) is 2.69. The summed E-state index contributed by atoms with van der Waals surface area (Å²) >= 11 is 0. The van der Waals surface area contributed by atoms with Crippen molar-refractivity contribution in [1.82, 2.24) is 16.0 Å². The zero-order valence-electron chi connectivity index (χ0n) is 10.5. The average molecular weight is 255 g/mol. The number of amides is 2. The van der Waals surface area contributed by atoms with Crippen LogP contribution in [0.25, 0.3) is 0 Å². The molecule has 0 aliphatic carbocycles. The molecular weight excluding hydrogens is 234 g/mol. The molecule has 0 unspecified atom stereocenters. The van der Waals surface area contributed by atoms with E-state index in [1.165, 1.54) is 0 Å². The standard InChI is InChI=1S/C12H21N3O3/c16-11(14-7-9-3-1-5-13-9)12(17)15-8-10-4-2-6-18-10/h9-10,13H,1-8H2,(H,14,16)(H,15,17)/t9-,10-/m1/s1. The highest BCUT2D eigenvalue weighted by Gasteiger charge is 2.20. The fourth-order valence-electron chi connectivity index (χ4n) is 2.32. The van der Waals surface area contributed by atoms with E-state index in [4.69, 9.17) is 4.74 Å². The highest BCUT2D eigenvalue weighted by molar-refractivity contribution is 6.35. The van der Waals surface area contributed by atoms with Gasteiger partial charge < -0.3 is 20.7 Å². The van der Waals surface area contributed by atoms with Crippen LogP contribution >= 0.6 is 0 Å². The van der Waals surface area contributed by atoms with Crippen LogP contribution in [0.2, 0.25) is 0 Å². The summed E-state index contributed by atoms with van der Waals surface area (Å²) in [7, 11) is 0. The summed E-state index contributed by atoms with van der Waals surface area (Å²) in [6.07, 6.45) is 4.23. The van der Waals surface area contributed by atoms with Crippen LogP contribution in [-0.4, -0.2) is 50.2 Å². The summed E-state index contributed by atoms with van der Waals surface area (Å²) in [5.74, 6) is -1.12. The lowest BCUT2D eigenvalue weighted by molar-refractivity contribution is -0.139. The SMILES string of the molecule is O=C(NC[C@H]1CCCN1)C(=O)NC[C@H]1CCCO1. The second kappa shape index (κ2) is 6.70. The molecule has 0 aromatic heterocycles. The first-order chi connectivity index (χ1) is 8.75. The molecule has 2 atom stereocenters. The lowest BCUT2D eigenvalue weighted by Crippen LogP contribution is -2.46.